The maximum atomic E-state index is 13.0. The molecule has 1 saturated heterocycles. The quantitative estimate of drug-likeness (QED) is 0.819. The lowest BCUT2D eigenvalue weighted by Gasteiger charge is -2.34. The van der Waals surface area contributed by atoms with Crippen molar-refractivity contribution in [3.05, 3.63) is 53.7 Å². The Bertz CT molecular complexity index is 877. The first-order valence-corrected chi connectivity index (χ1v) is 9.70. The number of amides is 2. The molecule has 0 radical (unpaired) electrons. The molecule has 2 aliphatic rings. The van der Waals surface area contributed by atoms with E-state index in [2.05, 4.69) is 22.0 Å². The van der Waals surface area contributed by atoms with Crippen molar-refractivity contribution in [1.82, 2.24) is 14.8 Å². The molecule has 28 heavy (non-hydrogen) atoms. The Morgan fingerprint density at radius 2 is 1.79 bits per heavy atom. The van der Waals surface area contributed by atoms with Crippen molar-refractivity contribution in [2.45, 2.75) is 13.3 Å². The molecule has 0 saturated carbocycles. The second kappa shape index (κ2) is 7.88. The molecule has 7 nitrogen and oxygen atoms in total. The summed E-state index contributed by atoms with van der Waals surface area (Å²) >= 11 is 0. The number of ether oxygens (including phenoxy) is 1. The first-order valence-electron chi connectivity index (χ1n) is 9.70. The van der Waals surface area contributed by atoms with Gasteiger partial charge in [-0.25, -0.2) is 9.78 Å². The second-order valence-electron chi connectivity index (χ2n) is 6.91. The Hall–Kier alpha value is -3.09. The van der Waals surface area contributed by atoms with Gasteiger partial charge in [0.25, 0.3) is 5.91 Å². The van der Waals surface area contributed by atoms with E-state index in [1.807, 2.05) is 18.2 Å². The van der Waals surface area contributed by atoms with E-state index in [0.29, 0.717) is 38.3 Å². The minimum absolute atomic E-state index is 0.0281. The molecule has 7 heteroatoms. The fourth-order valence-corrected chi connectivity index (χ4v) is 3.76. The summed E-state index contributed by atoms with van der Waals surface area (Å²) < 4.78 is 5.03. The van der Waals surface area contributed by atoms with Gasteiger partial charge in [0.2, 0.25) is 0 Å². The molecular formula is C21H24N4O3. The number of carbonyl (C=O) groups is 2. The normalized spacial score (nSPS) is 16.1. The van der Waals surface area contributed by atoms with Gasteiger partial charge in [-0.3, -0.25) is 4.79 Å². The fourth-order valence-electron chi connectivity index (χ4n) is 3.76. The average Bonchev–Trinajstić information content (AvgIpc) is 3.18. The van der Waals surface area contributed by atoms with Crippen LogP contribution in [0.4, 0.5) is 16.3 Å². The molecular weight excluding hydrogens is 356 g/mol. The maximum Gasteiger partial charge on any atom is 0.409 e. The number of para-hydroxylation sites is 1. The van der Waals surface area contributed by atoms with E-state index in [-0.39, 0.29) is 12.0 Å². The highest BCUT2D eigenvalue weighted by Crippen LogP contribution is 2.33. The van der Waals surface area contributed by atoms with Crippen LogP contribution in [0.3, 0.4) is 0 Å². The molecule has 0 bridgehead atoms. The van der Waals surface area contributed by atoms with Crippen LogP contribution in [0.1, 0.15) is 22.8 Å². The molecule has 1 fully saturated rings. The SMILES string of the molecule is CCOC(=O)N1CCN(C(=O)c2ccnc(N3CCc4ccccc43)c2)CC1. The van der Waals surface area contributed by atoms with Gasteiger partial charge in [-0.15, -0.1) is 0 Å². The number of carbonyl (C=O) groups excluding carboxylic acids is 2. The Kier molecular flexibility index (Phi) is 5.14. The highest BCUT2D eigenvalue weighted by Gasteiger charge is 2.27. The van der Waals surface area contributed by atoms with Crippen molar-refractivity contribution in [2.24, 2.45) is 0 Å². The number of hydrogen-bond donors (Lipinski definition) is 0. The summed E-state index contributed by atoms with van der Waals surface area (Å²) in [7, 11) is 0. The number of hydrogen-bond acceptors (Lipinski definition) is 5. The lowest BCUT2D eigenvalue weighted by atomic mass is 10.2. The minimum atomic E-state index is -0.312. The van der Waals surface area contributed by atoms with Gasteiger partial charge in [0, 0.05) is 50.2 Å². The van der Waals surface area contributed by atoms with Gasteiger partial charge in [0.1, 0.15) is 5.82 Å². The lowest BCUT2D eigenvalue weighted by molar-refractivity contribution is 0.0570. The van der Waals surface area contributed by atoms with E-state index in [9.17, 15) is 9.59 Å². The molecule has 2 aliphatic heterocycles. The van der Waals surface area contributed by atoms with Gasteiger partial charge in [-0.2, -0.15) is 0 Å². The number of nitrogens with zero attached hydrogens (tertiary/aromatic N) is 4. The first kappa shape index (κ1) is 18.3. The second-order valence-corrected chi connectivity index (χ2v) is 6.91. The van der Waals surface area contributed by atoms with Crippen molar-refractivity contribution in [1.29, 1.82) is 0 Å². The van der Waals surface area contributed by atoms with Crippen molar-refractivity contribution >= 4 is 23.5 Å². The number of fused-ring (bicyclic) bond motifs is 1. The first-order chi connectivity index (χ1) is 13.7. The number of benzene rings is 1. The number of anilines is 2. The summed E-state index contributed by atoms with van der Waals surface area (Å²) in [5.41, 5.74) is 3.08. The Balaban J connectivity index is 1.45. The van der Waals surface area contributed by atoms with Crippen LogP contribution in [0.15, 0.2) is 42.6 Å². The summed E-state index contributed by atoms with van der Waals surface area (Å²) in [6.45, 7) is 4.99. The van der Waals surface area contributed by atoms with E-state index in [0.717, 1.165) is 24.5 Å². The van der Waals surface area contributed by atoms with Crippen LogP contribution in [0.5, 0.6) is 0 Å². The van der Waals surface area contributed by atoms with Gasteiger partial charge >= 0.3 is 6.09 Å². The Morgan fingerprint density at radius 1 is 1.04 bits per heavy atom. The molecule has 0 N–H and O–H groups in total. The molecule has 1 aromatic heterocycles. The van der Waals surface area contributed by atoms with Crippen LogP contribution in [-0.4, -0.2) is 66.1 Å². The number of pyridine rings is 1. The van der Waals surface area contributed by atoms with E-state index in [1.54, 1.807) is 29.0 Å². The summed E-state index contributed by atoms with van der Waals surface area (Å²) in [5, 5.41) is 0. The molecule has 1 aromatic carbocycles. The van der Waals surface area contributed by atoms with E-state index >= 15 is 0 Å². The molecule has 2 amide bonds. The molecule has 146 valence electrons. The van der Waals surface area contributed by atoms with Gasteiger partial charge in [-0.1, -0.05) is 18.2 Å². The number of aromatic nitrogens is 1. The van der Waals surface area contributed by atoms with Crippen LogP contribution in [0.25, 0.3) is 0 Å². The van der Waals surface area contributed by atoms with Crippen LogP contribution in [-0.2, 0) is 11.2 Å². The van der Waals surface area contributed by atoms with Crippen molar-refractivity contribution in [3.8, 4) is 0 Å². The molecule has 3 heterocycles. The molecule has 2 aromatic rings. The van der Waals surface area contributed by atoms with Crippen molar-refractivity contribution in [3.63, 3.8) is 0 Å². The summed E-state index contributed by atoms with van der Waals surface area (Å²) in [5.74, 6) is 0.764. The van der Waals surface area contributed by atoms with Crippen molar-refractivity contribution < 1.29 is 14.3 Å². The van der Waals surface area contributed by atoms with Gasteiger partial charge in [0.15, 0.2) is 0 Å². The third-order valence-electron chi connectivity index (χ3n) is 5.25. The summed E-state index contributed by atoms with van der Waals surface area (Å²) in [6.07, 6.45) is 2.36. The monoisotopic (exact) mass is 380 g/mol. The zero-order valence-corrected chi connectivity index (χ0v) is 16.0. The van der Waals surface area contributed by atoms with Crippen LogP contribution in [0.2, 0.25) is 0 Å². The lowest BCUT2D eigenvalue weighted by Crippen LogP contribution is -2.50. The Labute approximate surface area is 164 Å². The molecule has 0 atom stereocenters. The number of piperazine rings is 1. The fraction of sp³-hybridized carbons (Fsp3) is 0.381. The largest absolute Gasteiger partial charge is 0.450 e. The smallest absolute Gasteiger partial charge is 0.409 e. The summed E-state index contributed by atoms with van der Waals surface area (Å²) in [6, 6.07) is 11.9. The molecule has 4 rings (SSSR count). The molecule has 0 unspecified atom stereocenters. The third-order valence-corrected chi connectivity index (χ3v) is 5.25. The Morgan fingerprint density at radius 3 is 2.57 bits per heavy atom. The average molecular weight is 380 g/mol. The van der Waals surface area contributed by atoms with Crippen LogP contribution < -0.4 is 4.90 Å². The highest BCUT2D eigenvalue weighted by atomic mass is 16.6. The minimum Gasteiger partial charge on any atom is -0.450 e. The van der Waals surface area contributed by atoms with Crippen molar-refractivity contribution in [2.75, 3.05) is 44.2 Å². The predicted octanol–water partition coefficient (Wildman–Crippen LogP) is 2.69. The van der Waals surface area contributed by atoms with Crippen LogP contribution in [0, 0.1) is 0 Å². The zero-order valence-electron chi connectivity index (χ0n) is 16.0. The predicted molar refractivity (Wildman–Crippen MR) is 106 cm³/mol. The van der Waals surface area contributed by atoms with E-state index in [4.69, 9.17) is 4.74 Å². The molecule has 0 spiro atoms. The van der Waals surface area contributed by atoms with Gasteiger partial charge in [-0.05, 0) is 37.1 Å². The van der Waals surface area contributed by atoms with E-state index < -0.39 is 0 Å². The summed E-state index contributed by atoms with van der Waals surface area (Å²) in [4.78, 5) is 34.9. The number of rotatable bonds is 3. The van der Waals surface area contributed by atoms with Crippen LogP contribution >= 0.6 is 0 Å². The topological polar surface area (TPSA) is 66.0 Å². The van der Waals surface area contributed by atoms with Gasteiger partial charge in [0.05, 0.1) is 6.61 Å². The molecule has 0 aliphatic carbocycles. The highest BCUT2D eigenvalue weighted by molar-refractivity contribution is 5.95. The van der Waals surface area contributed by atoms with E-state index in [1.165, 1.54) is 5.56 Å². The van der Waals surface area contributed by atoms with Gasteiger partial charge < -0.3 is 19.4 Å². The standard InChI is InChI=1S/C21H24N4O3/c1-2-28-21(27)24-13-11-23(12-14-24)20(26)17-7-9-22-19(15-17)25-10-8-16-5-3-4-6-18(16)25/h3-7,9,15H,2,8,10-14H2,1H3. The maximum absolute atomic E-state index is 13.0. The zero-order chi connectivity index (χ0) is 19.5. The third kappa shape index (κ3) is 3.52.